The fraction of sp³-hybridized carbons (Fsp3) is 0.353. The lowest BCUT2D eigenvalue weighted by Crippen LogP contribution is -2.37. The molecule has 0 aromatic heterocycles. The number of nitrogens with one attached hydrogen (secondary N) is 2. The van der Waals surface area contributed by atoms with Crippen LogP contribution in [-0.2, 0) is 4.79 Å². The van der Waals surface area contributed by atoms with Crippen LogP contribution >= 0.6 is 11.8 Å². The molecule has 21 heavy (non-hydrogen) atoms. The molecule has 2 aromatic rings. The van der Waals surface area contributed by atoms with Crippen LogP contribution in [-0.4, -0.2) is 30.8 Å². The number of fused-ring (bicyclic) bond motifs is 1. The minimum absolute atomic E-state index is 0.113. The molecule has 3 nitrogen and oxygen atoms in total. The van der Waals surface area contributed by atoms with E-state index in [1.807, 2.05) is 12.1 Å². The van der Waals surface area contributed by atoms with Gasteiger partial charge in [0.2, 0.25) is 5.91 Å². The molecule has 1 fully saturated rings. The fourth-order valence-corrected chi connectivity index (χ4v) is 3.40. The van der Waals surface area contributed by atoms with Gasteiger partial charge >= 0.3 is 0 Å². The Morgan fingerprint density at radius 3 is 2.90 bits per heavy atom. The Labute approximate surface area is 129 Å². The first-order chi connectivity index (χ1) is 10.3. The first-order valence-electron chi connectivity index (χ1n) is 7.43. The molecule has 0 spiro atoms. The first kappa shape index (κ1) is 14.4. The highest BCUT2D eigenvalue weighted by Gasteiger charge is 2.14. The van der Waals surface area contributed by atoms with Crippen molar-refractivity contribution in [3.63, 3.8) is 0 Å². The van der Waals surface area contributed by atoms with Gasteiger partial charge in [0.25, 0.3) is 0 Å². The SMILES string of the molecule is O=C(CSc1ccc2ccccc2c1)NCC1CCCN1. The zero-order valence-corrected chi connectivity index (χ0v) is 12.8. The van der Waals surface area contributed by atoms with Crippen LogP contribution in [0.3, 0.4) is 0 Å². The predicted octanol–water partition coefficient (Wildman–Crippen LogP) is 2.80. The second-order valence-corrected chi connectivity index (χ2v) is 6.44. The number of rotatable bonds is 5. The summed E-state index contributed by atoms with van der Waals surface area (Å²) in [5, 5.41) is 8.85. The van der Waals surface area contributed by atoms with Gasteiger partial charge in [-0.25, -0.2) is 0 Å². The standard InChI is InChI=1S/C17H20N2OS/c20-17(19-11-15-6-3-9-18-15)12-21-16-8-7-13-4-1-2-5-14(13)10-16/h1-2,4-5,7-8,10,15,18H,3,6,9,11-12H2,(H,19,20). The largest absolute Gasteiger partial charge is 0.354 e. The van der Waals surface area contributed by atoms with Gasteiger partial charge in [0.05, 0.1) is 5.75 Å². The molecule has 1 atom stereocenters. The Hall–Kier alpha value is -1.52. The summed E-state index contributed by atoms with van der Waals surface area (Å²) in [4.78, 5) is 13.0. The van der Waals surface area contributed by atoms with Gasteiger partial charge in [0, 0.05) is 17.5 Å². The Bertz CT molecular complexity index is 623. The van der Waals surface area contributed by atoms with Crippen LogP contribution in [0.1, 0.15) is 12.8 Å². The molecular formula is C17H20N2OS. The van der Waals surface area contributed by atoms with Crippen LogP contribution in [0.5, 0.6) is 0 Å². The molecule has 0 aliphatic carbocycles. The van der Waals surface area contributed by atoms with Crippen molar-refractivity contribution in [2.24, 2.45) is 0 Å². The summed E-state index contributed by atoms with van der Waals surface area (Å²) >= 11 is 1.59. The molecule has 1 heterocycles. The lowest BCUT2D eigenvalue weighted by molar-refractivity contribution is -0.118. The van der Waals surface area contributed by atoms with Crippen molar-refractivity contribution in [2.75, 3.05) is 18.8 Å². The van der Waals surface area contributed by atoms with E-state index in [1.54, 1.807) is 11.8 Å². The van der Waals surface area contributed by atoms with Crippen LogP contribution < -0.4 is 10.6 Å². The summed E-state index contributed by atoms with van der Waals surface area (Å²) in [5.74, 6) is 0.590. The number of carbonyl (C=O) groups is 1. The molecule has 2 N–H and O–H groups in total. The van der Waals surface area contributed by atoms with Gasteiger partial charge in [0.15, 0.2) is 0 Å². The zero-order valence-electron chi connectivity index (χ0n) is 12.0. The van der Waals surface area contributed by atoms with Crippen LogP contribution in [0.15, 0.2) is 47.4 Å². The van der Waals surface area contributed by atoms with Crippen LogP contribution in [0.4, 0.5) is 0 Å². The van der Waals surface area contributed by atoms with Gasteiger partial charge < -0.3 is 10.6 Å². The van der Waals surface area contributed by atoms with Gasteiger partial charge in [-0.3, -0.25) is 4.79 Å². The maximum Gasteiger partial charge on any atom is 0.230 e. The average Bonchev–Trinajstić information content (AvgIpc) is 3.04. The molecule has 1 unspecified atom stereocenters. The third-order valence-corrected chi connectivity index (χ3v) is 4.79. The van der Waals surface area contributed by atoms with Crippen molar-refractivity contribution in [3.05, 3.63) is 42.5 Å². The molecular weight excluding hydrogens is 280 g/mol. The van der Waals surface area contributed by atoms with E-state index in [0.717, 1.165) is 24.4 Å². The van der Waals surface area contributed by atoms with E-state index in [9.17, 15) is 4.79 Å². The molecule has 1 aliphatic heterocycles. The Morgan fingerprint density at radius 1 is 1.24 bits per heavy atom. The van der Waals surface area contributed by atoms with E-state index in [1.165, 1.54) is 17.2 Å². The van der Waals surface area contributed by atoms with Crippen molar-refractivity contribution in [1.82, 2.24) is 10.6 Å². The lowest BCUT2D eigenvalue weighted by Gasteiger charge is -2.11. The quantitative estimate of drug-likeness (QED) is 0.834. The highest BCUT2D eigenvalue weighted by atomic mass is 32.2. The molecule has 0 bridgehead atoms. The summed E-state index contributed by atoms with van der Waals surface area (Å²) in [6.45, 7) is 1.82. The van der Waals surface area contributed by atoms with Crippen molar-refractivity contribution in [2.45, 2.75) is 23.8 Å². The van der Waals surface area contributed by atoms with Crippen molar-refractivity contribution in [1.29, 1.82) is 0 Å². The molecule has 1 aliphatic rings. The molecule has 4 heteroatoms. The molecule has 0 radical (unpaired) electrons. The second kappa shape index (κ2) is 6.96. The highest BCUT2D eigenvalue weighted by molar-refractivity contribution is 8.00. The van der Waals surface area contributed by atoms with Crippen LogP contribution in [0, 0.1) is 0 Å². The van der Waals surface area contributed by atoms with Crippen molar-refractivity contribution < 1.29 is 4.79 Å². The van der Waals surface area contributed by atoms with Gasteiger partial charge in [-0.2, -0.15) is 0 Å². The molecule has 3 rings (SSSR count). The predicted molar refractivity (Wildman–Crippen MR) is 88.7 cm³/mol. The number of hydrogen-bond acceptors (Lipinski definition) is 3. The molecule has 1 saturated heterocycles. The summed E-state index contributed by atoms with van der Waals surface area (Å²) in [5.41, 5.74) is 0. The summed E-state index contributed by atoms with van der Waals surface area (Å²) < 4.78 is 0. The number of hydrogen-bond donors (Lipinski definition) is 2. The molecule has 110 valence electrons. The van der Waals surface area contributed by atoms with Crippen molar-refractivity contribution >= 4 is 28.4 Å². The maximum absolute atomic E-state index is 11.9. The Kier molecular flexibility index (Phi) is 4.78. The summed E-state index contributed by atoms with van der Waals surface area (Å²) in [7, 11) is 0. The zero-order chi connectivity index (χ0) is 14.5. The van der Waals surface area contributed by atoms with Crippen molar-refractivity contribution in [3.8, 4) is 0 Å². The summed E-state index contributed by atoms with van der Waals surface area (Å²) in [6, 6.07) is 15.1. The smallest absolute Gasteiger partial charge is 0.230 e. The summed E-state index contributed by atoms with van der Waals surface area (Å²) in [6.07, 6.45) is 2.38. The minimum atomic E-state index is 0.113. The van der Waals surface area contributed by atoms with E-state index in [0.29, 0.717) is 11.8 Å². The van der Waals surface area contributed by atoms with Gasteiger partial charge in [0.1, 0.15) is 0 Å². The van der Waals surface area contributed by atoms with Gasteiger partial charge in [-0.05, 0) is 42.3 Å². The van der Waals surface area contributed by atoms with E-state index < -0.39 is 0 Å². The second-order valence-electron chi connectivity index (χ2n) is 5.39. The minimum Gasteiger partial charge on any atom is -0.354 e. The number of amides is 1. The Balaban J connectivity index is 1.49. The maximum atomic E-state index is 11.9. The molecule has 1 amide bonds. The number of benzene rings is 2. The highest BCUT2D eigenvalue weighted by Crippen LogP contribution is 2.23. The van der Waals surface area contributed by atoms with E-state index in [4.69, 9.17) is 0 Å². The topological polar surface area (TPSA) is 41.1 Å². The first-order valence-corrected chi connectivity index (χ1v) is 8.41. The normalized spacial score (nSPS) is 18.0. The van der Waals surface area contributed by atoms with E-state index in [-0.39, 0.29) is 5.91 Å². The van der Waals surface area contributed by atoms with E-state index >= 15 is 0 Å². The van der Waals surface area contributed by atoms with Crippen LogP contribution in [0.25, 0.3) is 10.8 Å². The fourth-order valence-electron chi connectivity index (χ4n) is 2.63. The monoisotopic (exact) mass is 300 g/mol. The lowest BCUT2D eigenvalue weighted by atomic mass is 10.1. The third kappa shape index (κ3) is 3.99. The van der Waals surface area contributed by atoms with Gasteiger partial charge in [-0.15, -0.1) is 11.8 Å². The molecule has 2 aromatic carbocycles. The average molecular weight is 300 g/mol. The number of thioether (sulfide) groups is 1. The third-order valence-electron chi connectivity index (χ3n) is 3.80. The molecule has 0 saturated carbocycles. The Morgan fingerprint density at radius 2 is 2.10 bits per heavy atom. The van der Waals surface area contributed by atoms with E-state index in [2.05, 4.69) is 41.0 Å². The number of carbonyl (C=O) groups excluding carboxylic acids is 1. The van der Waals surface area contributed by atoms with Gasteiger partial charge in [-0.1, -0.05) is 30.3 Å². The van der Waals surface area contributed by atoms with Crippen LogP contribution in [0.2, 0.25) is 0 Å².